The molecule has 1 fully saturated rings. The molecule has 5 heterocycles. The maximum Gasteiger partial charge on any atom is 0.433 e. The van der Waals surface area contributed by atoms with Crippen molar-refractivity contribution in [2.45, 2.75) is 25.1 Å². The van der Waals surface area contributed by atoms with Crippen LogP contribution in [0.4, 0.5) is 19.0 Å². The Labute approximate surface area is 267 Å². The van der Waals surface area contributed by atoms with Gasteiger partial charge in [-0.05, 0) is 53.4 Å². The molecule has 0 aliphatic carbocycles. The third-order valence-electron chi connectivity index (χ3n) is 8.52. The summed E-state index contributed by atoms with van der Waals surface area (Å²) in [6.45, 7) is 3.91. The van der Waals surface area contributed by atoms with Crippen LogP contribution in [-0.2, 0) is 25.2 Å². The summed E-state index contributed by atoms with van der Waals surface area (Å²) in [7, 11) is 1.70. The molecule has 6 aromatic rings. The zero-order chi connectivity index (χ0) is 32.2. The second-order valence-electron chi connectivity index (χ2n) is 11.8. The number of aromatic nitrogens is 6. The van der Waals surface area contributed by atoms with E-state index in [1.165, 1.54) is 18.6 Å². The highest BCUT2D eigenvalue weighted by Crippen LogP contribution is 2.42. The Balaban J connectivity index is 1.35. The molecular weight excluding hydrogens is 615 g/mol. The second kappa shape index (κ2) is 11.3. The fraction of sp³-hybridized carbons (Fsp3) is 0.235. The van der Waals surface area contributed by atoms with E-state index in [0.29, 0.717) is 39.5 Å². The van der Waals surface area contributed by atoms with Crippen LogP contribution in [0.3, 0.4) is 0 Å². The molecule has 4 aromatic heterocycles. The lowest BCUT2D eigenvalue weighted by Crippen LogP contribution is -2.46. The number of aliphatic hydroxyl groups is 1. The summed E-state index contributed by atoms with van der Waals surface area (Å²) < 4.78 is 43.4. The Morgan fingerprint density at radius 1 is 1.00 bits per heavy atom. The molecule has 2 aromatic carbocycles. The summed E-state index contributed by atoms with van der Waals surface area (Å²) in [6, 6.07) is 17.3. The lowest BCUT2D eigenvalue weighted by molar-refractivity contribution is -0.141. The maximum absolute atomic E-state index is 13.3. The number of hydrogen-bond acceptors (Lipinski definition) is 6. The number of rotatable bonds is 7. The van der Waals surface area contributed by atoms with Crippen molar-refractivity contribution in [1.82, 2.24) is 29.3 Å². The average Bonchev–Trinajstić information content (AvgIpc) is 3.73. The van der Waals surface area contributed by atoms with Crippen LogP contribution in [0.5, 0.6) is 0 Å². The van der Waals surface area contributed by atoms with Gasteiger partial charge in [0.1, 0.15) is 11.5 Å². The van der Waals surface area contributed by atoms with E-state index in [0.717, 1.165) is 48.0 Å². The summed E-state index contributed by atoms with van der Waals surface area (Å²) in [5, 5.41) is 17.8. The van der Waals surface area contributed by atoms with Crippen molar-refractivity contribution in [1.29, 1.82) is 0 Å². The molecule has 7 rings (SSSR count). The van der Waals surface area contributed by atoms with E-state index in [1.54, 1.807) is 40.7 Å². The lowest BCUT2D eigenvalue weighted by Gasteiger charge is -2.39. The van der Waals surface area contributed by atoms with Gasteiger partial charge in [-0.25, -0.2) is 14.6 Å². The first kappa shape index (κ1) is 29.9. The molecule has 0 saturated carbocycles. The van der Waals surface area contributed by atoms with E-state index in [1.807, 2.05) is 36.5 Å². The highest BCUT2D eigenvalue weighted by molar-refractivity contribution is 6.36. The van der Waals surface area contributed by atoms with Crippen molar-refractivity contribution < 1.29 is 18.3 Å². The Kier molecular flexibility index (Phi) is 7.32. The minimum absolute atomic E-state index is 0.149. The van der Waals surface area contributed by atoms with E-state index < -0.39 is 17.5 Å². The summed E-state index contributed by atoms with van der Waals surface area (Å²) in [4.78, 5) is 15.1. The molecule has 1 aliphatic heterocycles. The fourth-order valence-electron chi connectivity index (χ4n) is 6.10. The Morgan fingerprint density at radius 2 is 1.76 bits per heavy atom. The van der Waals surface area contributed by atoms with Gasteiger partial charge >= 0.3 is 6.18 Å². The Bertz CT molecular complexity index is 2020. The Hall–Kier alpha value is -4.74. The van der Waals surface area contributed by atoms with Gasteiger partial charge in [0, 0.05) is 61.7 Å². The van der Waals surface area contributed by atoms with Gasteiger partial charge in [-0.3, -0.25) is 4.98 Å². The van der Waals surface area contributed by atoms with Crippen molar-refractivity contribution in [2.24, 2.45) is 13.0 Å². The normalized spacial score (nSPS) is 15.2. The van der Waals surface area contributed by atoms with Crippen LogP contribution in [0.2, 0.25) is 5.02 Å². The molecule has 0 bridgehead atoms. The zero-order valence-electron chi connectivity index (χ0n) is 24.9. The van der Waals surface area contributed by atoms with E-state index in [4.69, 9.17) is 16.6 Å². The van der Waals surface area contributed by atoms with Crippen LogP contribution in [0.15, 0.2) is 91.8 Å². The zero-order valence-corrected chi connectivity index (χ0v) is 25.7. The first-order chi connectivity index (χ1) is 22.0. The van der Waals surface area contributed by atoms with Gasteiger partial charge in [0.25, 0.3) is 0 Å². The van der Waals surface area contributed by atoms with Gasteiger partial charge in [-0.1, -0.05) is 42.8 Å². The highest BCUT2D eigenvalue weighted by atomic mass is 35.5. The van der Waals surface area contributed by atoms with Crippen molar-refractivity contribution in [3.05, 3.63) is 130 Å². The smallest absolute Gasteiger partial charge is 0.374 e. The molecule has 1 unspecified atom stereocenters. The predicted molar refractivity (Wildman–Crippen MR) is 169 cm³/mol. The van der Waals surface area contributed by atoms with Gasteiger partial charge in [0.2, 0.25) is 0 Å². The molecule has 12 heteroatoms. The first-order valence-electron chi connectivity index (χ1n) is 14.7. The SMILES string of the molecule is CC1CN(c2nc3ccc(C(O)(c4ccc(C(F)(F)F)nc4)c4cncn4C)cc3c(Cl)c2Cc2ccc(-n3cccn3)cc2)C1. The van der Waals surface area contributed by atoms with Crippen LogP contribution in [0.25, 0.3) is 16.6 Å². The summed E-state index contributed by atoms with van der Waals surface area (Å²) in [6.07, 6.45) is 3.55. The lowest BCUT2D eigenvalue weighted by atomic mass is 9.83. The van der Waals surface area contributed by atoms with Crippen molar-refractivity contribution >= 4 is 28.3 Å². The Morgan fingerprint density at radius 3 is 2.37 bits per heavy atom. The second-order valence-corrected chi connectivity index (χ2v) is 12.2. The van der Waals surface area contributed by atoms with E-state index in [2.05, 4.69) is 26.9 Å². The van der Waals surface area contributed by atoms with Gasteiger partial charge in [-0.15, -0.1) is 0 Å². The number of anilines is 1. The maximum atomic E-state index is 13.3. The van der Waals surface area contributed by atoms with Crippen LogP contribution < -0.4 is 4.90 Å². The topological polar surface area (TPSA) is 84.9 Å². The first-order valence-corrected chi connectivity index (χ1v) is 15.1. The molecule has 8 nitrogen and oxygen atoms in total. The summed E-state index contributed by atoms with van der Waals surface area (Å²) in [5.74, 6) is 1.35. The van der Waals surface area contributed by atoms with Gasteiger partial charge < -0.3 is 14.6 Å². The highest BCUT2D eigenvalue weighted by Gasteiger charge is 2.39. The van der Waals surface area contributed by atoms with E-state index >= 15 is 0 Å². The van der Waals surface area contributed by atoms with Gasteiger partial charge in [0.15, 0.2) is 5.60 Å². The molecule has 1 saturated heterocycles. The van der Waals surface area contributed by atoms with Crippen molar-refractivity contribution in [2.75, 3.05) is 18.0 Å². The fourth-order valence-corrected chi connectivity index (χ4v) is 6.41. The predicted octanol–water partition coefficient (Wildman–Crippen LogP) is 6.55. The number of pyridine rings is 2. The molecule has 0 amide bonds. The van der Waals surface area contributed by atoms with Crippen molar-refractivity contribution in [3.63, 3.8) is 0 Å². The van der Waals surface area contributed by atoms with Gasteiger partial charge in [0.05, 0.1) is 34.4 Å². The largest absolute Gasteiger partial charge is 0.433 e. The molecule has 1 atom stereocenters. The number of fused-ring (bicyclic) bond motifs is 1. The molecule has 1 aliphatic rings. The number of aryl methyl sites for hydroxylation is 1. The molecule has 46 heavy (non-hydrogen) atoms. The quantitative estimate of drug-likeness (QED) is 0.212. The summed E-state index contributed by atoms with van der Waals surface area (Å²) in [5.41, 5.74) is 1.39. The number of alkyl halides is 3. The monoisotopic (exact) mass is 643 g/mol. The van der Waals surface area contributed by atoms with Gasteiger partial charge in [-0.2, -0.15) is 18.3 Å². The number of halogens is 4. The minimum Gasteiger partial charge on any atom is -0.374 e. The molecule has 0 spiro atoms. The minimum atomic E-state index is -4.62. The number of hydrogen-bond donors (Lipinski definition) is 1. The average molecular weight is 644 g/mol. The standard InChI is InChI=1S/C34H29ClF3N7O/c1-21-18-44(19-21)32-27(14-22-4-8-25(9-5-22)45-13-3-12-41-45)31(35)26-15-23(6-10-28(26)42-32)33(46,30-17-39-20-43(30)2)24-7-11-29(40-16-24)34(36,37)38/h3-13,15-17,20-21,46H,14,18-19H2,1-2H3. The van der Waals surface area contributed by atoms with Crippen LogP contribution >= 0.6 is 11.6 Å². The molecule has 234 valence electrons. The van der Waals surface area contributed by atoms with Crippen molar-refractivity contribution in [3.8, 4) is 5.69 Å². The summed E-state index contributed by atoms with van der Waals surface area (Å²) >= 11 is 7.25. The number of imidazole rings is 1. The van der Waals surface area contributed by atoms with Crippen LogP contribution in [-0.4, -0.2) is 47.5 Å². The molecular formula is C34H29ClF3N7O. The number of nitrogens with zero attached hydrogens (tertiary/aromatic N) is 7. The molecule has 1 N–H and O–H groups in total. The third kappa shape index (κ3) is 5.19. The van der Waals surface area contributed by atoms with Crippen LogP contribution in [0, 0.1) is 5.92 Å². The van der Waals surface area contributed by atoms with E-state index in [-0.39, 0.29) is 5.56 Å². The van der Waals surface area contributed by atoms with E-state index in [9.17, 15) is 18.3 Å². The van der Waals surface area contributed by atoms with Crippen LogP contribution in [0.1, 0.15) is 40.6 Å². The third-order valence-corrected chi connectivity index (χ3v) is 8.95. The molecule has 0 radical (unpaired) electrons. The number of benzene rings is 2.